The van der Waals surface area contributed by atoms with Crippen molar-refractivity contribution in [1.29, 1.82) is 0 Å². The molecule has 0 unspecified atom stereocenters. The maximum absolute atomic E-state index is 13.7. The summed E-state index contributed by atoms with van der Waals surface area (Å²) in [4.78, 5) is 10.9. The summed E-state index contributed by atoms with van der Waals surface area (Å²) >= 11 is 5.95. The van der Waals surface area contributed by atoms with E-state index in [0.29, 0.717) is 17.3 Å². The molecule has 1 radical (unpaired) electrons. The van der Waals surface area contributed by atoms with Crippen molar-refractivity contribution >= 4 is 28.9 Å². The second-order valence-electron chi connectivity index (χ2n) is 9.77. The quantitative estimate of drug-likeness (QED) is 0.511. The third-order valence-corrected chi connectivity index (χ3v) is 6.14. The number of para-hydroxylation sites is 1. The number of carboxylic acid groups (broad SMARTS) is 1. The Morgan fingerprint density at radius 3 is 2.30 bits per heavy atom. The van der Waals surface area contributed by atoms with E-state index in [-0.39, 0.29) is 28.2 Å². The van der Waals surface area contributed by atoms with Gasteiger partial charge in [0.2, 0.25) is 0 Å². The molecule has 2 aromatic rings. The minimum Gasteiger partial charge on any atom is -0.481 e. The zero-order chi connectivity index (χ0) is 25.0. The molecule has 1 aliphatic heterocycles. The second kappa shape index (κ2) is 10.8. The van der Waals surface area contributed by atoms with Crippen LogP contribution in [-0.4, -0.2) is 40.3 Å². The molecule has 1 aliphatic rings. The van der Waals surface area contributed by atoms with E-state index in [1.165, 1.54) is 17.2 Å². The second-order valence-corrected chi connectivity index (χ2v) is 10.2. The monoisotopic (exact) mass is 478 g/mol. The van der Waals surface area contributed by atoms with Gasteiger partial charge in [-0.1, -0.05) is 35.4 Å². The van der Waals surface area contributed by atoms with Crippen molar-refractivity contribution < 1.29 is 19.5 Å². The van der Waals surface area contributed by atoms with E-state index < -0.39 is 11.8 Å². The molecule has 0 aliphatic carbocycles. The van der Waals surface area contributed by atoms with Crippen LogP contribution in [0.15, 0.2) is 36.4 Å². The van der Waals surface area contributed by atoms with Gasteiger partial charge in [-0.3, -0.25) is 4.79 Å². The van der Waals surface area contributed by atoms with Crippen LogP contribution in [0, 0.1) is 12.7 Å². The molecule has 0 atom stereocenters. The van der Waals surface area contributed by atoms with E-state index in [2.05, 4.69) is 10.6 Å². The van der Waals surface area contributed by atoms with E-state index in [9.17, 15) is 14.4 Å². The maximum Gasteiger partial charge on any atom is 0.307 e. The molecule has 0 aromatic heterocycles. The highest BCUT2D eigenvalue weighted by atomic mass is 35.5. The van der Waals surface area contributed by atoms with Gasteiger partial charge in [-0.15, -0.1) is 10.3 Å². The maximum atomic E-state index is 13.7. The summed E-state index contributed by atoms with van der Waals surface area (Å²) in [5.41, 5.74) is 1.71. The zero-order valence-electron chi connectivity index (χ0n) is 20.1. The van der Waals surface area contributed by atoms with Crippen molar-refractivity contribution in [3.05, 3.63) is 58.4 Å². The highest BCUT2D eigenvalue weighted by Crippen LogP contribution is 2.36. The van der Waals surface area contributed by atoms with Gasteiger partial charge >= 0.3 is 5.97 Å². The lowest BCUT2D eigenvalue weighted by molar-refractivity contribution is -0.290. The topological polar surface area (TPSA) is 84.5 Å². The van der Waals surface area contributed by atoms with Crippen LogP contribution in [0.1, 0.15) is 51.7 Å². The summed E-state index contributed by atoms with van der Waals surface area (Å²) in [7, 11) is 1.97. The minimum atomic E-state index is -0.946. The summed E-state index contributed by atoms with van der Waals surface area (Å²) < 4.78 is 13.7. The van der Waals surface area contributed by atoms with Gasteiger partial charge in [-0.2, -0.15) is 0 Å². The molecular weight excluding hydrogens is 445 g/mol. The van der Waals surface area contributed by atoms with Crippen molar-refractivity contribution in [2.45, 2.75) is 71.0 Å². The first kappa shape index (κ1) is 27.1. The largest absolute Gasteiger partial charge is 0.481 e. The van der Waals surface area contributed by atoms with Crippen molar-refractivity contribution in [1.82, 2.24) is 10.4 Å². The molecule has 2 aromatic carbocycles. The SMILES string of the molecule is CNC1CC(C)(C)N([O])C(C)(C)C1.Cc1ccc(Nc2c(F)cccc2Cl)c(CC(=O)O)c1. The molecule has 1 fully saturated rings. The van der Waals surface area contributed by atoms with Gasteiger partial charge in [0.05, 0.1) is 17.1 Å². The fourth-order valence-electron chi connectivity index (χ4n) is 4.37. The van der Waals surface area contributed by atoms with E-state index >= 15 is 0 Å². The molecule has 6 nitrogen and oxygen atoms in total. The van der Waals surface area contributed by atoms with E-state index in [4.69, 9.17) is 16.7 Å². The van der Waals surface area contributed by atoms with Crippen molar-refractivity contribution in [2.24, 2.45) is 0 Å². The van der Waals surface area contributed by atoms with Crippen LogP contribution in [0.25, 0.3) is 0 Å². The molecule has 0 amide bonds. The van der Waals surface area contributed by atoms with Crippen molar-refractivity contribution in [3.8, 4) is 0 Å². The van der Waals surface area contributed by atoms with Crippen molar-refractivity contribution in [3.63, 3.8) is 0 Å². The number of anilines is 2. The number of hydrogen-bond acceptors (Lipinski definition) is 4. The van der Waals surface area contributed by atoms with Gasteiger partial charge < -0.3 is 15.7 Å². The molecule has 181 valence electrons. The Kier molecular flexibility index (Phi) is 8.88. The van der Waals surface area contributed by atoms with Crippen LogP contribution in [0.2, 0.25) is 5.02 Å². The fourth-order valence-corrected chi connectivity index (χ4v) is 4.58. The lowest BCUT2D eigenvalue weighted by atomic mass is 9.79. The molecular formula is C25H34ClFN3O3. The third-order valence-electron chi connectivity index (χ3n) is 5.82. The third kappa shape index (κ3) is 7.14. The predicted molar refractivity (Wildman–Crippen MR) is 130 cm³/mol. The van der Waals surface area contributed by atoms with Gasteiger partial charge in [0, 0.05) is 22.8 Å². The molecule has 33 heavy (non-hydrogen) atoms. The average molecular weight is 479 g/mol. The van der Waals surface area contributed by atoms with E-state index in [1.54, 1.807) is 18.2 Å². The van der Waals surface area contributed by atoms with Crippen LogP contribution in [0.5, 0.6) is 0 Å². The lowest BCUT2D eigenvalue weighted by Gasteiger charge is -2.49. The Morgan fingerprint density at radius 2 is 1.79 bits per heavy atom. The molecule has 3 rings (SSSR count). The first-order chi connectivity index (χ1) is 15.3. The Hall–Kier alpha value is -2.19. The number of piperidine rings is 1. The molecule has 1 heterocycles. The molecule has 0 saturated carbocycles. The average Bonchev–Trinajstić information content (AvgIpc) is 2.70. The summed E-state index contributed by atoms with van der Waals surface area (Å²) in [6.45, 7) is 9.94. The van der Waals surface area contributed by atoms with Gasteiger partial charge in [-0.25, -0.2) is 4.39 Å². The minimum absolute atomic E-state index is 0.143. The van der Waals surface area contributed by atoms with Crippen LogP contribution < -0.4 is 10.6 Å². The Morgan fingerprint density at radius 1 is 1.18 bits per heavy atom. The number of carboxylic acids is 1. The standard InChI is InChI=1S/C15H13ClFNO2.C10H21N2O/c1-9-5-6-13(10(7-9)8-14(19)20)18-15-11(16)3-2-4-12(15)17;1-9(2)6-8(11-5)7-10(3,4)12(9)13/h2-7,18H,8H2,1H3,(H,19,20);8,11H,6-7H2,1-5H3. The predicted octanol–water partition coefficient (Wildman–Crippen LogP) is 5.73. The number of hydrogen-bond donors (Lipinski definition) is 3. The van der Waals surface area contributed by atoms with E-state index in [1.807, 2.05) is 47.7 Å². The normalized spacial score (nSPS) is 17.7. The number of nitrogens with one attached hydrogen (secondary N) is 2. The van der Waals surface area contributed by atoms with Gasteiger partial charge in [0.25, 0.3) is 0 Å². The number of nitrogens with zero attached hydrogens (tertiary/aromatic N) is 1. The summed E-state index contributed by atoms with van der Waals surface area (Å²) in [5, 5.41) is 28.5. The summed E-state index contributed by atoms with van der Waals surface area (Å²) in [5.74, 6) is -1.43. The number of carbonyl (C=O) groups is 1. The smallest absolute Gasteiger partial charge is 0.307 e. The highest BCUT2D eigenvalue weighted by molar-refractivity contribution is 6.33. The summed E-state index contributed by atoms with van der Waals surface area (Å²) in [6, 6.07) is 10.1. The number of halogens is 2. The van der Waals surface area contributed by atoms with Crippen LogP contribution >= 0.6 is 11.6 Å². The Bertz CT molecular complexity index is 943. The Balaban J connectivity index is 0.000000257. The molecule has 0 spiro atoms. The molecule has 3 N–H and O–H groups in total. The van der Waals surface area contributed by atoms with Crippen molar-refractivity contribution in [2.75, 3.05) is 12.4 Å². The number of benzene rings is 2. The Labute approximate surface area is 200 Å². The molecule has 0 bridgehead atoms. The van der Waals surface area contributed by atoms with Crippen LogP contribution in [-0.2, 0) is 16.4 Å². The van der Waals surface area contributed by atoms with Gasteiger partial charge in [-0.05, 0) is 78.3 Å². The van der Waals surface area contributed by atoms with Crippen LogP contribution in [0.3, 0.4) is 0 Å². The van der Waals surface area contributed by atoms with E-state index in [0.717, 1.165) is 18.4 Å². The molecule has 8 heteroatoms. The number of hydroxylamine groups is 2. The van der Waals surface area contributed by atoms with Gasteiger partial charge in [0.1, 0.15) is 5.82 Å². The van der Waals surface area contributed by atoms with Gasteiger partial charge in [0.15, 0.2) is 0 Å². The fraction of sp³-hybridized carbons (Fsp3) is 0.480. The number of rotatable bonds is 5. The zero-order valence-corrected chi connectivity index (χ0v) is 20.9. The summed E-state index contributed by atoms with van der Waals surface area (Å²) in [6.07, 6.45) is 1.71. The first-order valence-electron chi connectivity index (χ1n) is 10.9. The number of aryl methyl sites for hydroxylation is 1. The number of aliphatic carboxylic acids is 1. The van der Waals surface area contributed by atoms with Crippen LogP contribution in [0.4, 0.5) is 15.8 Å². The lowest BCUT2D eigenvalue weighted by Crippen LogP contribution is -2.61. The molecule has 1 saturated heterocycles. The highest BCUT2D eigenvalue weighted by Gasteiger charge is 2.45. The first-order valence-corrected chi connectivity index (χ1v) is 11.3.